The Morgan fingerprint density at radius 1 is 1.17 bits per heavy atom. The van der Waals surface area contributed by atoms with Crippen molar-refractivity contribution < 1.29 is 13.5 Å². The van der Waals surface area contributed by atoms with E-state index in [4.69, 9.17) is 15.5 Å². The van der Waals surface area contributed by atoms with Crippen molar-refractivity contribution in [2.24, 2.45) is 0 Å². The lowest BCUT2D eigenvalue weighted by Gasteiger charge is -2.36. The van der Waals surface area contributed by atoms with E-state index >= 15 is 0 Å². The molecular formula is C33H34F2N8O2S. The fourth-order valence-corrected chi connectivity index (χ4v) is 9.33. The Balaban J connectivity index is 1.26. The number of hydrogen-bond acceptors (Lipinski definition) is 10. The molecule has 1 aliphatic carbocycles. The molecule has 1 aromatic carbocycles. The van der Waals surface area contributed by atoms with Gasteiger partial charge in [0.25, 0.3) is 5.56 Å². The van der Waals surface area contributed by atoms with E-state index in [2.05, 4.69) is 26.2 Å². The molecule has 4 atom stereocenters. The molecule has 5 fully saturated rings. The number of nitrogens with two attached hydrogens (primary N) is 1. The van der Waals surface area contributed by atoms with Gasteiger partial charge < -0.3 is 25.3 Å². The van der Waals surface area contributed by atoms with E-state index in [1.807, 2.05) is 6.07 Å². The van der Waals surface area contributed by atoms with Crippen LogP contribution in [-0.4, -0.2) is 76.0 Å². The maximum absolute atomic E-state index is 14.8. The SMILES string of the molecule is N#Cc1c(OC[C@@]23CCCN2C[C@H](F)C3)nc2cc(-c3ccc(F)c4sc(N)nc34)n(C3CC3)c(=O)c2c1N1CC2CCC(C1)N2. The lowest BCUT2D eigenvalue weighted by molar-refractivity contribution is 0.110. The number of aromatic nitrogens is 3. The first-order valence-electron chi connectivity index (χ1n) is 16.2. The first-order valence-corrected chi connectivity index (χ1v) is 17.0. The average Bonchev–Trinajstić information content (AvgIpc) is 3.36. The lowest BCUT2D eigenvalue weighted by atomic mass is 9.95. The summed E-state index contributed by atoms with van der Waals surface area (Å²) in [6.07, 6.45) is 5.02. The van der Waals surface area contributed by atoms with Crippen LogP contribution in [0.25, 0.3) is 32.4 Å². The van der Waals surface area contributed by atoms with E-state index in [1.165, 1.54) is 6.07 Å². The molecule has 5 aliphatic rings. The van der Waals surface area contributed by atoms with E-state index in [0.29, 0.717) is 64.1 Å². The van der Waals surface area contributed by atoms with Crippen LogP contribution in [0.15, 0.2) is 23.0 Å². The summed E-state index contributed by atoms with van der Waals surface area (Å²) in [7, 11) is 0. The Labute approximate surface area is 267 Å². The zero-order valence-corrected chi connectivity index (χ0v) is 26.1. The second-order valence-electron chi connectivity index (χ2n) is 13.7. The van der Waals surface area contributed by atoms with Gasteiger partial charge in [0, 0.05) is 49.7 Å². The molecule has 9 rings (SSSR count). The Kier molecular flexibility index (Phi) is 6.37. The normalized spacial score (nSPS) is 27.5. The quantitative estimate of drug-likeness (QED) is 0.312. The molecule has 10 nitrogen and oxygen atoms in total. The molecule has 4 aromatic rings. The lowest BCUT2D eigenvalue weighted by Crippen LogP contribution is -2.51. The number of fused-ring (bicyclic) bond motifs is 5. The highest BCUT2D eigenvalue weighted by Gasteiger charge is 2.49. The van der Waals surface area contributed by atoms with Crippen molar-refractivity contribution in [3.63, 3.8) is 0 Å². The molecule has 13 heteroatoms. The molecule has 0 amide bonds. The summed E-state index contributed by atoms with van der Waals surface area (Å²) in [6, 6.07) is 7.75. The van der Waals surface area contributed by atoms with Crippen LogP contribution in [-0.2, 0) is 0 Å². The van der Waals surface area contributed by atoms with Crippen LogP contribution in [0.4, 0.5) is 19.6 Å². The molecule has 0 spiro atoms. The van der Waals surface area contributed by atoms with Gasteiger partial charge in [0.05, 0.1) is 38.0 Å². The number of nitrogens with one attached hydrogen (secondary N) is 1. The van der Waals surface area contributed by atoms with Crippen molar-refractivity contribution in [1.29, 1.82) is 5.26 Å². The summed E-state index contributed by atoms with van der Waals surface area (Å²) in [4.78, 5) is 28.4. The first kappa shape index (κ1) is 28.4. The van der Waals surface area contributed by atoms with Crippen LogP contribution in [0.3, 0.4) is 0 Å². The summed E-state index contributed by atoms with van der Waals surface area (Å²) < 4.78 is 38.0. The van der Waals surface area contributed by atoms with E-state index in [1.54, 1.807) is 10.6 Å². The zero-order chi connectivity index (χ0) is 31.3. The van der Waals surface area contributed by atoms with Crippen molar-refractivity contribution in [3.05, 3.63) is 39.9 Å². The molecule has 4 aliphatic heterocycles. The number of rotatable bonds is 6. The molecule has 2 unspecified atom stereocenters. The summed E-state index contributed by atoms with van der Waals surface area (Å²) in [5, 5.41) is 15.0. The van der Waals surface area contributed by atoms with Crippen molar-refractivity contribution >= 4 is 43.3 Å². The molecule has 3 aromatic heterocycles. The summed E-state index contributed by atoms with van der Waals surface area (Å²) >= 11 is 1.08. The van der Waals surface area contributed by atoms with Gasteiger partial charge in [-0.2, -0.15) is 5.26 Å². The first-order chi connectivity index (χ1) is 22.3. The Morgan fingerprint density at radius 2 is 1.98 bits per heavy atom. The number of nitriles is 1. The Morgan fingerprint density at radius 3 is 2.74 bits per heavy atom. The number of halogens is 2. The number of alkyl halides is 1. The average molecular weight is 645 g/mol. The molecule has 3 N–H and O–H groups in total. The number of thiazole rings is 1. The number of benzene rings is 1. The fraction of sp³-hybridized carbons (Fsp3) is 0.515. The largest absolute Gasteiger partial charge is 0.475 e. The van der Waals surface area contributed by atoms with Crippen molar-refractivity contribution in [2.75, 3.05) is 43.4 Å². The third-order valence-corrected chi connectivity index (χ3v) is 11.6. The monoisotopic (exact) mass is 644 g/mol. The number of nitrogen functional groups attached to an aromatic ring is 1. The van der Waals surface area contributed by atoms with Gasteiger partial charge in [0.1, 0.15) is 30.2 Å². The van der Waals surface area contributed by atoms with Gasteiger partial charge in [-0.05, 0) is 63.3 Å². The zero-order valence-electron chi connectivity index (χ0n) is 25.3. The van der Waals surface area contributed by atoms with Gasteiger partial charge in [-0.3, -0.25) is 9.69 Å². The highest BCUT2D eigenvalue weighted by Crippen LogP contribution is 2.45. The van der Waals surface area contributed by atoms with Gasteiger partial charge in [-0.25, -0.2) is 18.7 Å². The third-order valence-electron chi connectivity index (χ3n) is 10.7. The second kappa shape index (κ2) is 10.3. The highest BCUT2D eigenvalue weighted by molar-refractivity contribution is 7.22. The smallest absolute Gasteiger partial charge is 0.262 e. The van der Waals surface area contributed by atoms with Gasteiger partial charge in [0.15, 0.2) is 5.13 Å². The van der Waals surface area contributed by atoms with Crippen LogP contribution in [0.1, 0.15) is 56.6 Å². The second-order valence-corrected chi connectivity index (χ2v) is 14.7. The minimum absolute atomic E-state index is 0.0278. The van der Waals surface area contributed by atoms with Crippen molar-refractivity contribution in [1.82, 2.24) is 24.8 Å². The summed E-state index contributed by atoms with van der Waals surface area (Å²) in [6.45, 7) is 2.76. The Bertz CT molecular complexity index is 2010. The maximum Gasteiger partial charge on any atom is 0.262 e. The van der Waals surface area contributed by atoms with Gasteiger partial charge in [-0.1, -0.05) is 11.3 Å². The van der Waals surface area contributed by atoms with Gasteiger partial charge in [-0.15, -0.1) is 0 Å². The standard InChI is InChI=1S/C33H34F2N8O2S/c34-17-11-33(8-1-9-42(33)13-17)16-45-30-22(12-36)28(41-14-18-2-3-19(15-41)38-18)26-24(39-30)10-25(43(31(26)44)20-4-5-20)21-6-7-23(35)29-27(21)40-32(37)46-29/h6-7,10,17-20,38H,1-5,8-9,11,13-16H2,(H2,37,40)/t17-,18?,19?,33+/m1/s1. The maximum atomic E-state index is 14.8. The predicted molar refractivity (Wildman–Crippen MR) is 173 cm³/mol. The number of pyridine rings is 2. The summed E-state index contributed by atoms with van der Waals surface area (Å²) in [5.74, 6) is -0.254. The Hall–Kier alpha value is -3.86. The minimum atomic E-state index is -0.911. The fourth-order valence-electron chi connectivity index (χ4n) is 8.57. The number of piperazine rings is 1. The molecule has 238 valence electrons. The van der Waals surface area contributed by atoms with E-state index in [0.717, 1.165) is 56.4 Å². The van der Waals surface area contributed by atoms with E-state index in [-0.39, 0.29) is 46.9 Å². The number of anilines is 2. The van der Waals surface area contributed by atoms with Crippen molar-refractivity contribution in [3.8, 4) is 23.2 Å². The third kappa shape index (κ3) is 4.33. The molecule has 2 bridgehead atoms. The number of ether oxygens (including phenoxy) is 1. The molecule has 46 heavy (non-hydrogen) atoms. The molecule has 7 heterocycles. The highest BCUT2D eigenvalue weighted by atomic mass is 32.1. The number of nitrogens with zero attached hydrogens (tertiary/aromatic N) is 6. The van der Waals surface area contributed by atoms with E-state index < -0.39 is 17.5 Å². The van der Waals surface area contributed by atoms with Crippen LogP contribution < -0.4 is 26.2 Å². The molecule has 0 radical (unpaired) electrons. The van der Waals surface area contributed by atoms with Crippen LogP contribution in [0, 0.1) is 17.1 Å². The minimum Gasteiger partial charge on any atom is -0.475 e. The summed E-state index contributed by atoms with van der Waals surface area (Å²) in [5.41, 5.74) is 8.16. The van der Waals surface area contributed by atoms with Gasteiger partial charge in [0.2, 0.25) is 5.88 Å². The topological polar surface area (TPSA) is 125 Å². The molecule has 1 saturated carbocycles. The molecule has 4 saturated heterocycles. The van der Waals surface area contributed by atoms with Gasteiger partial charge >= 0.3 is 0 Å². The predicted octanol–water partition coefficient (Wildman–Crippen LogP) is 4.50. The van der Waals surface area contributed by atoms with E-state index in [9.17, 15) is 18.8 Å². The van der Waals surface area contributed by atoms with Crippen molar-refractivity contribution in [2.45, 2.75) is 74.8 Å². The van der Waals surface area contributed by atoms with Crippen LogP contribution in [0.5, 0.6) is 5.88 Å². The molecular weight excluding hydrogens is 610 g/mol. The van der Waals surface area contributed by atoms with Crippen LogP contribution in [0.2, 0.25) is 0 Å². The number of hydrogen-bond donors (Lipinski definition) is 2. The van der Waals surface area contributed by atoms with Crippen LogP contribution >= 0.6 is 11.3 Å².